The van der Waals surface area contributed by atoms with Crippen LogP contribution in [0.5, 0.6) is 0 Å². The van der Waals surface area contributed by atoms with Crippen LogP contribution in [0.4, 0.5) is 0 Å². The van der Waals surface area contributed by atoms with E-state index in [1.807, 2.05) is 19.9 Å². The van der Waals surface area contributed by atoms with Crippen LogP contribution in [0.15, 0.2) is 11.1 Å². The van der Waals surface area contributed by atoms with E-state index in [1.54, 1.807) is 6.92 Å². The first-order chi connectivity index (χ1) is 6.53. The molecule has 0 heterocycles. The Balaban J connectivity index is 2.93. The number of carbonyl (C=O) groups excluding carboxylic acids is 1. The average molecular weight is 193 g/mol. The lowest BCUT2D eigenvalue weighted by Gasteiger charge is -2.38. The Bertz CT molecular complexity index is 321. The molecule has 0 bridgehead atoms. The molecule has 0 saturated heterocycles. The third-order valence-electron chi connectivity index (χ3n) is 2.71. The zero-order valence-electron chi connectivity index (χ0n) is 8.89. The molecule has 3 nitrogen and oxygen atoms in total. The lowest BCUT2D eigenvalue weighted by atomic mass is 9.65. The normalized spacial score (nSPS) is 21.9. The van der Waals surface area contributed by atoms with Crippen LogP contribution in [0.2, 0.25) is 0 Å². The Morgan fingerprint density at radius 1 is 1.64 bits per heavy atom. The molecule has 0 unspecified atom stereocenters. The largest absolute Gasteiger partial charge is 0.462 e. The number of hydrogen-bond acceptors (Lipinski definition) is 3. The third kappa shape index (κ3) is 1.79. The summed E-state index contributed by atoms with van der Waals surface area (Å²) in [5.41, 5.74) is 1.15. The first kappa shape index (κ1) is 10.8. The molecule has 1 aliphatic rings. The van der Waals surface area contributed by atoms with Gasteiger partial charge in [0.25, 0.3) is 0 Å². The van der Waals surface area contributed by atoms with Gasteiger partial charge in [0.15, 0.2) is 0 Å². The molecule has 1 fully saturated rings. The topological polar surface area (TPSA) is 50.1 Å². The zero-order chi connectivity index (χ0) is 10.8. The van der Waals surface area contributed by atoms with Crippen LogP contribution in [0.3, 0.4) is 0 Å². The van der Waals surface area contributed by atoms with Crippen molar-refractivity contribution in [2.45, 2.75) is 33.6 Å². The summed E-state index contributed by atoms with van der Waals surface area (Å²) in [5.74, 6) is -0.474. The Morgan fingerprint density at radius 3 is 2.57 bits per heavy atom. The molecule has 0 radical (unpaired) electrons. The molecule has 1 aliphatic carbocycles. The minimum Gasteiger partial charge on any atom is -0.462 e. The van der Waals surface area contributed by atoms with Gasteiger partial charge in [-0.15, -0.1) is 0 Å². The number of esters is 1. The van der Waals surface area contributed by atoms with Crippen LogP contribution in [0.25, 0.3) is 0 Å². The van der Waals surface area contributed by atoms with Gasteiger partial charge in [0, 0.05) is 0 Å². The molecule has 0 aliphatic heterocycles. The fourth-order valence-corrected chi connectivity index (χ4v) is 1.65. The maximum Gasteiger partial charge on any atom is 0.348 e. The predicted octanol–water partition coefficient (Wildman–Crippen LogP) is 2.19. The molecule has 0 aromatic heterocycles. The van der Waals surface area contributed by atoms with Crippen molar-refractivity contribution in [1.29, 1.82) is 5.26 Å². The Kier molecular flexibility index (Phi) is 2.95. The minimum atomic E-state index is -0.474. The Hall–Kier alpha value is -1.30. The van der Waals surface area contributed by atoms with Crippen molar-refractivity contribution in [3.63, 3.8) is 0 Å². The Morgan fingerprint density at radius 2 is 2.29 bits per heavy atom. The monoisotopic (exact) mass is 193 g/mol. The van der Waals surface area contributed by atoms with Crippen LogP contribution in [0, 0.1) is 16.7 Å². The summed E-state index contributed by atoms with van der Waals surface area (Å²) in [6.07, 6.45) is 1.88. The van der Waals surface area contributed by atoms with E-state index < -0.39 is 5.97 Å². The van der Waals surface area contributed by atoms with Gasteiger partial charge in [-0.1, -0.05) is 13.8 Å². The molecule has 76 valence electrons. The smallest absolute Gasteiger partial charge is 0.348 e. The molecule has 3 heteroatoms. The van der Waals surface area contributed by atoms with E-state index in [9.17, 15) is 4.79 Å². The van der Waals surface area contributed by atoms with Gasteiger partial charge in [-0.25, -0.2) is 4.79 Å². The first-order valence-electron chi connectivity index (χ1n) is 4.83. The highest BCUT2D eigenvalue weighted by Gasteiger charge is 2.37. The van der Waals surface area contributed by atoms with Gasteiger partial charge in [-0.3, -0.25) is 0 Å². The third-order valence-corrected chi connectivity index (χ3v) is 2.71. The Labute approximate surface area is 84.4 Å². The summed E-state index contributed by atoms with van der Waals surface area (Å²) < 4.78 is 4.83. The number of rotatable bonds is 2. The van der Waals surface area contributed by atoms with Gasteiger partial charge in [0.2, 0.25) is 0 Å². The number of ether oxygens (including phenoxy) is 1. The van der Waals surface area contributed by atoms with Gasteiger partial charge >= 0.3 is 5.97 Å². The molecule has 1 saturated carbocycles. The maximum atomic E-state index is 11.4. The van der Waals surface area contributed by atoms with Crippen molar-refractivity contribution >= 4 is 5.97 Å². The van der Waals surface area contributed by atoms with E-state index in [-0.39, 0.29) is 11.0 Å². The van der Waals surface area contributed by atoms with Crippen LogP contribution in [-0.4, -0.2) is 12.6 Å². The number of nitriles is 1. The summed E-state index contributed by atoms with van der Waals surface area (Å²) in [7, 11) is 0. The zero-order valence-corrected chi connectivity index (χ0v) is 8.89. The highest BCUT2D eigenvalue weighted by molar-refractivity contribution is 5.94. The molecule has 0 spiro atoms. The van der Waals surface area contributed by atoms with Crippen molar-refractivity contribution < 1.29 is 9.53 Å². The van der Waals surface area contributed by atoms with Crippen LogP contribution in [-0.2, 0) is 9.53 Å². The molecule has 1 rings (SSSR count). The fourth-order valence-electron chi connectivity index (χ4n) is 1.65. The summed E-state index contributed by atoms with van der Waals surface area (Å²) in [5, 5.41) is 8.88. The molecular formula is C11H15NO2. The van der Waals surface area contributed by atoms with E-state index in [0.29, 0.717) is 6.61 Å². The lowest BCUT2D eigenvalue weighted by molar-refractivity contribution is -0.138. The highest BCUT2D eigenvalue weighted by atomic mass is 16.5. The van der Waals surface area contributed by atoms with Crippen molar-refractivity contribution in [1.82, 2.24) is 0 Å². The second-order valence-electron chi connectivity index (χ2n) is 4.07. The predicted molar refractivity (Wildman–Crippen MR) is 52.3 cm³/mol. The van der Waals surface area contributed by atoms with Crippen LogP contribution < -0.4 is 0 Å². The summed E-state index contributed by atoms with van der Waals surface area (Å²) >= 11 is 0. The van der Waals surface area contributed by atoms with E-state index in [0.717, 1.165) is 18.4 Å². The highest BCUT2D eigenvalue weighted by Crippen LogP contribution is 2.47. The number of carbonyl (C=O) groups is 1. The molecular weight excluding hydrogens is 178 g/mol. The van der Waals surface area contributed by atoms with E-state index in [4.69, 9.17) is 10.00 Å². The fraction of sp³-hybridized carbons (Fsp3) is 0.636. The second-order valence-corrected chi connectivity index (χ2v) is 4.07. The number of allylic oxidation sites excluding steroid dienone is 1. The molecule has 0 N–H and O–H groups in total. The molecule has 14 heavy (non-hydrogen) atoms. The SMILES string of the molecule is CCOC(=O)/C(C#N)=C1/CCC1(C)C. The van der Waals surface area contributed by atoms with Gasteiger partial charge in [-0.2, -0.15) is 5.26 Å². The first-order valence-corrected chi connectivity index (χ1v) is 4.83. The quantitative estimate of drug-likeness (QED) is 0.383. The molecule has 0 amide bonds. The standard InChI is InChI=1S/C11H15NO2/c1-4-14-10(13)8(7-12)9-5-6-11(9,2)3/h4-6H2,1-3H3/b9-8-. The molecule has 0 aromatic carbocycles. The van der Waals surface area contributed by atoms with Gasteiger partial charge in [0.1, 0.15) is 11.6 Å². The summed E-state index contributed by atoms with van der Waals surface area (Å²) in [6.45, 7) is 6.14. The van der Waals surface area contributed by atoms with Gasteiger partial charge in [0.05, 0.1) is 6.61 Å². The summed E-state index contributed by atoms with van der Waals surface area (Å²) in [6, 6.07) is 1.95. The van der Waals surface area contributed by atoms with Crippen molar-refractivity contribution in [3.8, 4) is 6.07 Å². The van der Waals surface area contributed by atoms with Crippen LogP contribution >= 0.6 is 0 Å². The van der Waals surface area contributed by atoms with Crippen molar-refractivity contribution in [2.24, 2.45) is 5.41 Å². The maximum absolute atomic E-state index is 11.4. The van der Waals surface area contributed by atoms with Gasteiger partial charge in [-0.05, 0) is 30.8 Å². The molecule has 0 aromatic rings. The minimum absolute atomic E-state index is 0.00216. The molecule has 0 atom stereocenters. The van der Waals surface area contributed by atoms with Crippen molar-refractivity contribution in [2.75, 3.05) is 6.61 Å². The number of nitrogens with zero attached hydrogens (tertiary/aromatic N) is 1. The average Bonchev–Trinajstić information content (AvgIpc) is 2.12. The van der Waals surface area contributed by atoms with Crippen LogP contribution in [0.1, 0.15) is 33.6 Å². The summed E-state index contributed by atoms with van der Waals surface area (Å²) in [4.78, 5) is 11.4. The van der Waals surface area contributed by atoms with Gasteiger partial charge < -0.3 is 4.74 Å². The van der Waals surface area contributed by atoms with E-state index >= 15 is 0 Å². The van der Waals surface area contributed by atoms with E-state index in [2.05, 4.69) is 0 Å². The lowest BCUT2D eigenvalue weighted by Crippen LogP contribution is -2.29. The van der Waals surface area contributed by atoms with E-state index in [1.165, 1.54) is 0 Å². The van der Waals surface area contributed by atoms with Crippen molar-refractivity contribution in [3.05, 3.63) is 11.1 Å². The number of hydrogen-bond donors (Lipinski definition) is 0. The second kappa shape index (κ2) is 3.83.